The van der Waals surface area contributed by atoms with Gasteiger partial charge >= 0.3 is 0 Å². The molecule has 26 heavy (non-hydrogen) atoms. The van der Waals surface area contributed by atoms with Crippen molar-refractivity contribution in [2.75, 3.05) is 39.3 Å². The molecule has 1 aliphatic heterocycles. The highest BCUT2D eigenvalue weighted by molar-refractivity contribution is 5.77. The number of benzene rings is 2. The van der Waals surface area contributed by atoms with Gasteiger partial charge in [-0.3, -0.25) is 9.69 Å². The van der Waals surface area contributed by atoms with E-state index in [2.05, 4.69) is 4.90 Å². The van der Waals surface area contributed by atoms with E-state index in [1.54, 1.807) is 0 Å². The van der Waals surface area contributed by atoms with Crippen molar-refractivity contribution in [1.29, 1.82) is 0 Å². The first kappa shape index (κ1) is 18.4. The summed E-state index contributed by atoms with van der Waals surface area (Å²) >= 11 is 0. The number of aryl methyl sites for hydroxylation is 1. The molecule has 3 rings (SSSR count). The molecular formula is C21H26N2O3. The average molecular weight is 354 g/mol. The second kappa shape index (κ2) is 8.83. The number of β-amino-alcohol motifs (C(OH)–C–C–N with tert-alkyl or cyclic N) is 1. The molecule has 138 valence electrons. The Morgan fingerprint density at radius 2 is 1.81 bits per heavy atom. The number of aliphatic hydroxyl groups excluding tert-OH is 1. The van der Waals surface area contributed by atoms with Gasteiger partial charge in [-0.25, -0.2) is 0 Å². The third-order valence-electron chi connectivity index (χ3n) is 4.69. The lowest BCUT2D eigenvalue weighted by atomic mass is 10.1. The fraction of sp³-hybridized carbons (Fsp3) is 0.381. The molecule has 1 heterocycles. The molecule has 1 fully saturated rings. The molecule has 0 spiro atoms. The summed E-state index contributed by atoms with van der Waals surface area (Å²) < 4.78 is 5.61. The van der Waals surface area contributed by atoms with Crippen LogP contribution in [0.3, 0.4) is 0 Å². The van der Waals surface area contributed by atoms with Crippen LogP contribution in [0.1, 0.15) is 17.2 Å². The van der Waals surface area contributed by atoms with E-state index in [9.17, 15) is 9.90 Å². The highest BCUT2D eigenvalue weighted by Gasteiger charge is 2.23. The van der Waals surface area contributed by atoms with E-state index < -0.39 is 6.10 Å². The van der Waals surface area contributed by atoms with Crippen molar-refractivity contribution in [2.45, 2.75) is 13.0 Å². The van der Waals surface area contributed by atoms with Crippen molar-refractivity contribution in [3.63, 3.8) is 0 Å². The number of amides is 1. The fourth-order valence-electron chi connectivity index (χ4n) is 3.15. The number of piperazine rings is 1. The summed E-state index contributed by atoms with van der Waals surface area (Å²) in [6.07, 6.45) is -0.497. The van der Waals surface area contributed by atoms with Crippen LogP contribution in [0.4, 0.5) is 0 Å². The van der Waals surface area contributed by atoms with Crippen LogP contribution in [0.25, 0.3) is 0 Å². The topological polar surface area (TPSA) is 53.0 Å². The van der Waals surface area contributed by atoms with Gasteiger partial charge in [-0.1, -0.05) is 42.5 Å². The van der Waals surface area contributed by atoms with E-state index in [4.69, 9.17) is 4.74 Å². The summed E-state index contributed by atoms with van der Waals surface area (Å²) in [4.78, 5) is 16.4. The molecule has 1 atom stereocenters. The van der Waals surface area contributed by atoms with E-state index in [-0.39, 0.29) is 12.5 Å². The van der Waals surface area contributed by atoms with Crippen LogP contribution in [0.15, 0.2) is 54.6 Å². The van der Waals surface area contributed by atoms with Gasteiger partial charge in [-0.05, 0) is 30.2 Å². The van der Waals surface area contributed by atoms with Crippen molar-refractivity contribution in [1.82, 2.24) is 9.80 Å². The summed E-state index contributed by atoms with van der Waals surface area (Å²) in [7, 11) is 0. The van der Waals surface area contributed by atoms with Gasteiger partial charge in [0.2, 0.25) is 0 Å². The zero-order valence-electron chi connectivity index (χ0n) is 15.2. The number of aliphatic hydroxyl groups is 1. The minimum Gasteiger partial charge on any atom is -0.484 e. The van der Waals surface area contributed by atoms with Gasteiger partial charge in [0.1, 0.15) is 5.75 Å². The lowest BCUT2D eigenvalue weighted by Gasteiger charge is -2.35. The molecule has 2 aromatic carbocycles. The Balaban J connectivity index is 1.42. The van der Waals surface area contributed by atoms with Crippen LogP contribution in [0.5, 0.6) is 5.75 Å². The first-order valence-electron chi connectivity index (χ1n) is 9.04. The molecule has 0 aromatic heterocycles. The molecule has 0 aliphatic carbocycles. The first-order chi connectivity index (χ1) is 12.6. The number of hydrogen-bond acceptors (Lipinski definition) is 4. The maximum Gasteiger partial charge on any atom is 0.260 e. The normalized spacial score (nSPS) is 16.3. The van der Waals surface area contributed by atoms with Gasteiger partial charge in [0.25, 0.3) is 5.91 Å². The van der Waals surface area contributed by atoms with Crippen molar-refractivity contribution < 1.29 is 14.6 Å². The fourth-order valence-corrected chi connectivity index (χ4v) is 3.15. The maximum absolute atomic E-state index is 12.3. The molecule has 0 radical (unpaired) electrons. The standard InChI is InChI=1S/C21H26N2O3/c1-17-6-5-9-19(14-17)26-16-21(25)23-12-10-22(11-13-23)15-20(24)18-7-3-2-4-8-18/h2-9,14,20,24H,10-13,15-16H2,1H3/t20-/m0/s1. The average Bonchev–Trinajstić information content (AvgIpc) is 2.67. The molecule has 5 heteroatoms. The number of nitrogens with zero attached hydrogens (tertiary/aromatic N) is 2. The Bertz CT molecular complexity index is 712. The third kappa shape index (κ3) is 5.07. The van der Waals surface area contributed by atoms with Crippen LogP contribution in [-0.4, -0.2) is 60.1 Å². The molecule has 0 saturated carbocycles. The van der Waals surface area contributed by atoms with Crippen LogP contribution < -0.4 is 4.74 Å². The summed E-state index contributed by atoms with van der Waals surface area (Å²) in [5, 5.41) is 10.3. The molecule has 2 aromatic rings. The Labute approximate surface area is 154 Å². The van der Waals surface area contributed by atoms with Crippen molar-refractivity contribution in [2.24, 2.45) is 0 Å². The largest absolute Gasteiger partial charge is 0.484 e. The molecule has 1 saturated heterocycles. The highest BCUT2D eigenvalue weighted by Crippen LogP contribution is 2.16. The molecular weight excluding hydrogens is 328 g/mol. The van der Waals surface area contributed by atoms with E-state index in [0.29, 0.717) is 19.6 Å². The Morgan fingerprint density at radius 1 is 1.08 bits per heavy atom. The molecule has 1 amide bonds. The lowest BCUT2D eigenvalue weighted by Crippen LogP contribution is -2.50. The highest BCUT2D eigenvalue weighted by atomic mass is 16.5. The maximum atomic E-state index is 12.3. The zero-order valence-corrected chi connectivity index (χ0v) is 15.2. The molecule has 1 aliphatic rings. The smallest absolute Gasteiger partial charge is 0.260 e. The van der Waals surface area contributed by atoms with Gasteiger partial charge in [-0.2, -0.15) is 0 Å². The van der Waals surface area contributed by atoms with E-state index in [1.165, 1.54) is 0 Å². The second-order valence-electron chi connectivity index (χ2n) is 6.71. The molecule has 0 bridgehead atoms. The van der Waals surface area contributed by atoms with Crippen LogP contribution in [0, 0.1) is 6.92 Å². The minimum atomic E-state index is -0.497. The predicted molar refractivity (Wildman–Crippen MR) is 101 cm³/mol. The van der Waals surface area contributed by atoms with E-state index in [1.807, 2.05) is 66.4 Å². The van der Waals surface area contributed by atoms with Crippen LogP contribution >= 0.6 is 0 Å². The Kier molecular flexibility index (Phi) is 6.26. The summed E-state index contributed by atoms with van der Waals surface area (Å²) in [5.41, 5.74) is 2.04. The van der Waals surface area contributed by atoms with E-state index >= 15 is 0 Å². The minimum absolute atomic E-state index is 0.00904. The predicted octanol–water partition coefficient (Wildman–Crippen LogP) is 2.25. The number of carbonyl (C=O) groups excluding carboxylic acids is 1. The van der Waals surface area contributed by atoms with Gasteiger partial charge in [0.15, 0.2) is 6.61 Å². The molecule has 5 nitrogen and oxygen atoms in total. The summed E-state index contributed by atoms with van der Waals surface area (Å²) in [6.45, 7) is 5.51. The third-order valence-corrected chi connectivity index (χ3v) is 4.69. The Morgan fingerprint density at radius 3 is 2.50 bits per heavy atom. The summed E-state index contributed by atoms with van der Waals surface area (Å²) in [5.74, 6) is 0.734. The number of hydrogen-bond donors (Lipinski definition) is 1. The lowest BCUT2D eigenvalue weighted by molar-refractivity contribution is -0.135. The van der Waals surface area contributed by atoms with Gasteiger partial charge in [-0.15, -0.1) is 0 Å². The van der Waals surface area contributed by atoms with E-state index in [0.717, 1.165) is 30.0 Å². The zero-order chi connectivity index (χ0) is 18.4. The van der Waals surface area contributed by atoms with Crippen molar-refractivity contribution >= 4 is 5.91 Å². The van der Waals surface area contributed by atoms with Crippen LogP contribution in [0.2, 0.25) is 0 Å². The van der Waals surface area contributed by atoms with Gasteiger partial charge in [0.05, 0.1) is 6.10 Å². The number of ether oxygens (including phenoxy) is 1. The van der Waals surface area contributed by atoms with Gasteiger partial charge in [0, 0.05) is 32.7 Å². The molecule has 1 N–H and O–H groups in total. The van der Waals surface area contributed by atoms with Gasteiger partial charge < -0.3 is 14.7 Å². The SMILES string of the molecule is Cc1cccc(OCC(=O)N2CCN(C[C@H](O)c3ccccc3)CC2)c1. The number of rotatable bonds is 6. The quantitative estimate of drug-likeness (QED) is 0.865. The number of carbonyl (C=O) groups is 1. The van der Waals surface area contributed by atoms with Crippen molar-refractivity contribution in [3.05, 3.63) is 65.7 Å². The monoisotopic (exact) mass is 354 g/mol. The summed E-state index contributed by atoms with van der Waals surface area (Å²) in [6, 6.07) is 17.4. The second-order valence-corrected chi connectivity index (χ2v) is 6.71. The van der Waals surface area contributed by atoms with Crippen molar-refractivity contribution in [3.8, 4) is 5.75 Å². The Hall–Kier alpha value is -2.37. The first-order valence-corrected chi connectivity index (χ1v) is 9.04. The van der Waals surface area contributed by atoms with Crippen LogP contribution in [-0.2, 0) is 4.79 Å². The molecule has 0 unspecified atom stereocenters.